The second-order valence-corrected chi connectivity index (χ2v) is 9.88. The van der Waals surface area contributed by atoms with E-state index in [-0.39, 0.29) is 35.1 Å². The van der Waals surface area contributed by atoms with E-state index < -0.39 is 0 Å². The predicted octanol–water partition coefficient (Wildman–Crippen LogP) is 3.22. The second-order valence-electron chi connectivity index (χ2n) is 9.88. The summed E-state index contributed by atoms with van der Waals surface area (Å²) in [5.41, 5.74) is 3.03. The van der Waals surface area contributed by atoms with Crippen molar-refractivity contribution < 1.29 is 14.3 Å². The lowest BCUT2D eigenvalue weighted by atomic mass is 9.61. The Morgan fingerprint density at radius 2 is 1.77 bits per heavy atom. The molecule has 1 aromatic rings. The topological polar surface area (TPSA) is 49.9 Å². The van der Waals surface area contributed by atoms with Crippen LogP contribution in [0.5, 0.6) is 0 Å². The monoisotopic (exact) mass is 420 g/mol. The van der Waals surface area contributed by atoms with Gasteiger partial charge in [0.2, 0.25) is 0 Å². The minimum atomic E-state index is -0.232. The minimum absolute atomic E-state index is 0.0576. The van der Waals surface area contributed by atoms with Crippen LogP contribution in [0.1, 0.15) is 32.3 Å². The molecule has 1 unspecified atom stereocenters. The molecule has 0 N–H and O–H groups in total. The number of hydrogen-bond donors (Lipinski definition) is 0. The highest BCUT2D eigenvalue weighted by Crippen LogP contribution is 2.53. The van der Waals surface area contributed by atoms with Crippen LogP contribution in [-0.4, -0.2) is 60.4 Å². The average molecular weight is 421 g/mol. The Hall–Kier alpha value is -2.24. The summed E-state index contributed by atoms with van der Waals surface area (Å²) < 4.78 is 5.95. The van der Waals surface area contributed by atoms with Gasteiger partial charge in [-0.1, -0.05) is 43.3 Å². The summed E-state index contributed by atoms with van der Waals surface area (Å²) in [6.45, 7) is 9.83. The van der Waals surface area contributed by atoms with E-state index >= 15 is 0 Å². The highest BCUT2D eigenvalue weighted by atomic mass is 16.6. The molecule has 2 heterocycles. The first kappa shape index (κ1) is 20.7. The number of hydrogen-bond acceptors (Lipinski definition) is 5. The molecule has 0 radical (unpaired) electrons. The van der Waals surface area contributed by atoms with Crippen LogP contribution in [0.4, 0.5) is 0 Å². The summed E-state index contributed by atoms with van der Waals surface area (Å²) >= 11 is 0. The van der Waals surface area contributed by atoms with E-state index in [9.17, 15) is 9.59 Å². The number of fused-ring (bicyclic) bond motifs is 3. The zero-order valence-corrected chi connectivity index (χ0v) is 18.5. The normalized spacial score (nSPS) is 33.9. The Labute approximate surface area is 184 Å². The van der Waals surface area contributed by atoms with Gasteiger partial charge in [0.25, 0.3) is 0 Å². The predicted molar refractivity (Wildman–Crippen MR) is 119 cm³/mol. The van der Waals surface area contributed by atoms with Crippen LogP contribution in [0.3, 0.4) is 0 Å². The number of carbonyl (C=O) groups excluding carboxylic acids is 2. The van der Waals surface area contributed by atoms with Crippen LogP contribution in [0.15, 0.2) is 53.6 Å². The fourth-order valence-corrected chi connectivity index (χ4v) is 6.03. The average Bonchev–Trinajstić information content (AvgIpc) is 3.08. The van der Waals surface area contributed by atoms with Crippen molar-refractivity contribution in [3.05, 3.63) is 59.2 Å². The number of piperazine rings is 1. The van der Waals surface area contributed by atoms with E-state index in [1.165, 1.54) is 5.56 Å². The van der Waals surface area contributed by atoms with E-state index in [1.807, 2.05) is 13.0 Å². The molecule has 0 amide bonds. The lowest BCUT2D eigenvalue weighted by Crippen LogP contribution is -2.49. The maximum absolute atomic E-state index is 12.9. The van der Waals surface area contributed by atoms with Crippen LogP contribution in [0.25, 0.3) is 0 Å². The third-order valence-corrected chi connectivity index (χ3v) is 7.89. The maximum Gasteiger partial charge on any atom is 0.311 e. The molecule has 3 fully saturated rings. The molecule has 4 atom stereocenters. The summed E-state index contributed by atoms with van der Waals surface area (Å²) in [7, 11) is 0. The molecule has 31 heavy (non-hydrogen) atoms. The molecule has 0 bridgehead atoms. The number of benzene rings is 1. The molecule has 2 saturated heterocycles. The van der Waals surface area contributed by atoms with Gasteiger partial charge in [0, 0.05) is 56.2 Å². The zero-order chi connectivity index (χ0) is 21.6. The fraction of sp³-hybridized carbons (Fsp3) is 0.538. The molecule has 0 spiro atoms. The molecular formula is C26H32N2O3. The molecule has 4 aliphatic rings. The van der Waals surface area contributed by atoms with Crippen molar-refractivity contribution in [3.63, 3.8) is 0 Å². The summed E-state index contributed by atoms with van der Waals surface area (Å²) in [4.78, 5) is 30.1. The van der Waals surface area contributed by atoms with Gasteiger partial charge in [-0.25, -0.2) is 0 Å². The highest BCUT2D eigenvalue weighted by Gasteiger charge is 2.54. The standard InChI is InChI=1S/C26H32N2O3/c1-18-22(29)9-11-26(2)10-8-20-21(25(30)31-24(20)23(18)26)17-28-14-12-27(13-15-28)16-19-6-4-3-5-7-19/h3-7,9,11,20-21,24H,8,10,12-17H2,1-2H3/t20-,21?,24-,26-/m0/s1. The number of ether oxygens (including phenoxy) is 1. The van der Waals surface area contributed by atoms with Crippen molar-refractivity contribution in [3.8, 4) is 0 Å². The third kappa shape index (κ3) is 3.79. The zero-order valence-electron chi connectivity index (χ0n) is 18.5. The van der Waals surface area contributed by atoms with Crippen molar-refractivity contribution in [1.82, 2.24) is 9.80 Å². The van der Waals surface area contributed by atoms with Crippen molar-refractivity contribution in [1.29, 1.82) is 0 Å². The highest BCUT2D eigenvalue weighted by molar-refractivity contribution is 6.05. The fourth-order valence-electron chi connectivity index (χ4n) is 6.03. The molecule has 5 nitrogen and oxygen atoms in total. The Balaban J connectivity index is 1.23. The van der Waals surface area contributed by atoms with Crippen molar-refractivity contribution >= 4 is 11.8 Å². The molecule has 0 aromatic heterocycles. The second kappa shape index (κ2) is 8.03. The van der Waals surface area contributed by atoms with E-state index in [1.54, 1.807) is 6.08 Å². The van der Waals surface area contributed by atoms with Gasteiger partial charge in [-0.15, -0.1) is 0 Å². The first-order valence-electron chi connectivity index (χ1n) is 11.6. The molecule has 1 aromatic carbocycles. The quantitative estimate of drug-likeness (QED) is 0.700. The van der Waals surface area contributed by atoms with E-state index in [4.69, 9.17) is 4.74 Å². The number of allylic oxidation sites excluding steroid dienone is 3. The number of ketones is 1. The van der Waals surface area contributed by atoms with Gasteiger partial charge in [-0.05, 0) is 37.0 Å². The van der Waals surface area contributed by atoms with E-state index in [0.717, 1.165) is 63.3 Å². The van der Waals surface area contributed by atoms with Crippen molar-refractivity contribution in [2.24, 2.45) is 17.3 Å². The van der Waals surface area contributed by atoms with Gasteiger partial charge in [0.15, 0.2) is 5.78 Å². The number of esters is 1. The molecule has 2 aliphatic heterocycles. The van der Waals surface area contributed by atoms with Crippen molar-refractivity contribution in [2.75, 3.05) is 32.7 Å². The maximum atomic E-state index is 12.9. The van der Waals surface area contributed by atoms with Gasteiger partial charge in [-0.2, -0.15) is 0 Å². The van der Waals surface area contributed by atoms with Gasteiger partial charge < -0.3 is 4.74 Å². The van der Waals surface area contributed by atoms with E-state index in [2.05, 4.69) is 47.1 Å². The van der Waals surface area contributed by atoms with Crippen LogP contribution < -0.4 is 0 Å². The molecular weight excluding hydrogens is 388 g/mol. The van der Waals surface area contributed by atoms with Crippen molar-refractivity contribution in [2.45, 2.75) is 39.3 Å². The van der Waals surface area contributed by atoms with Crippen LogP contribution in [-0.2, 0) is 20.9 Å². The molecule has 164 valence electrons. The Morgan fingerprint density at radius 1 is 1.06 bits per heavy atom. The Kier molecular flexibility index (Phi) is 5.35. The summed E-state index contributed by atoms with van der Waals surface area (Å²) in [6.07, 6.45) is 5.44. The van der Waals surface area contributed by atoms with E-state index in [0.29, 0.717) is 0 Å². The number of rotatable bonds is 4. The smallest absolute Gasteiger partial charge is 0.311 e. The lowest BCUT2D eigenvalue weighted by Gasteiger charge is -2.43. The first-order valence-corrected chi connectivity index (χ1v) is 11.6. The largest absolute Gasteiger partial charge is 0.457 e. The minimum Gasteiger partial charge on any atom is -0.457 e. The van der Waals surface area contributed by atoms with Gasteiger partial charge >= 0.3 is 5.97 Å². The van der Waals surface area contributed by atoms with Gasteiger partial charge in [0.05, 0.1) is 5.92 Å². The number of nitrogens with zero attached hydrogens (tertiary/aromatic N) is 2. The van der Waals surface area contributed by atoms with Crippen LogP contribution in [0.2, 0.25) is 0 Å². The third-order valence-electron chi connectivity index (χ3n) is 7.89. The van der Waals surface area contributed by atoms with Gasteiger partial charge in [-0.3, -0.25) is 19.4 Å². The molecule has 1 saturated carbocycles. The SMILES string of the molecule is CC1=C2[C@H]3OC(=O)C(CN4CCN(Cc5ccccc5)CC4)[C@@H]3CC[C@@]2(C)C=CC1=O. The first-order chi connectivity index (χ1) is 14.9. The summed E-state index contributed by atoms with van der Waals surface area (Å²) in [6, 6.07) is 10.6. The lowest BCUT2D eigenvalue weighted by molar-refractivity contribution is -0.144. The summed E-state index contributed by atoms with van der Waals surface area (Å²) in [5, 5.41) is 0. The summed E-state index contributed by atoms with van der Waals surface area (Å²) in [5.74, 6) is 0.0825. The van der Waals surface area contributed by atoms with Crippen LogP contribution in [0, 0.1) is 17.3 Å². The molecule has 5 rings (SSSR count). The Morgan fingerprint density at radius 3 is 2.52 bits per heavy atom. The molecule has 2 aliphatic carbocycles. The number of carbonyl (C=O) groups is 2. The van der Waals surface area contributed by atoms with Crippen LogP contribution >= 0.6 is 0 Å². The van der Waals surface area contributed by atoms with Gasteiger partial charge in [0.1, 0.15) is 6.10 Å². The molecule has 5 heteroatoms. The Bertz CT molecular complexity index is 929.